The minimum atomic E-state index is -0.547. The summed E-state index contributed by atoms with van der Waals surface area (Å²) in [4.78, 5) is 18.6. The Kier molecular flexibility index (Phi) is 4.65. The van der Waals surface area contributed by atoms with Crippen molar-refractivity contribution in [2.45, 2.75) is 5.16 Å². The number of nitriles is 1. The van der Waals surface area contributed by atoms with Crippen molar-refractivity contribution in [2.75, 3.05) is 13.4 Å². The Morgan fingerprint density at radius 1 is 1.52 bits per heavy atom. The molecule has 0 bridgehead atoms. The summed E-state index contributed by atoms with van der Waals surface area (Å²) >= 11 is 4.32. The van der Waals surface area contributed by atoms with E-state index in [0.29, 0.717) is 10.7 Å². The molecule has 0 radical (unpaired) electrons. The minimum absolute atomic E-state index is 0.110. The van der Waals surface area contributed by atoms with E-state index in [9.17, 15) is 9.18 Å². The van der Waals surface area contributed by atoms with E-state index in [1.807, 2.05) is 6.07 Å². The molecule has 0 aliphatic heterocycles. The van der Waals surface area contributed by atoms with Crippen molar-refractivity contribution in [1.29, 1.82) is 5.26 Å². The summed E-state index contributed by atoms with van der Waals surface area (Å²) in [5, 5.41) is 9.53. The van der Waals surface area contributed by atoms with Crippen molar-refractivity contribution in [1.82, 2.24) is 9.97 Å². The van der Waals surface area contributed by atoms with Gasteiger partial charge in [-0.1, -0.05) is 11.8 Å². The summed E-state index contributed by atoms with van der Waals surface area (Å²) in [5.41, 5.74) is -0.175. The number of benzene rings is 1. The topological polar surface area (TPSA) is 78.8 Å². The van der Waals surface area contributed by atoms with E-state index < -0.39 is 11.4 Å². The number of aromatic amines is 1. The van der Waals surface area contributed by atoms with E-state index in [1.54, 1.807) is 6.26 Å². The first-order valence-corrected chi connectivity index (χ1v) is 7.66. The fourth-order valence-corrected chi connectivity index (χ4v) is 2.65. The number of nitrogens with zero attached hydrogens (tertiary/aromatic N) is 2. The molecule has 1 aromatic carbocycles. The first-order chi connectivity index (χ1) is 10.0. The number of halogens is 2. The summed E-state index contributed by atoms with van der Waals surface area (Å²) in [6, 6.07) is 4.45. The summed E-state index contributed by atoms with van der Waals surface area (Å²) in [6.07, 6.45) is 1.74. The molecule has 0 aliphatic rings. The van der Waals surface area contributed by atoms with Gasteiger partial charge in [-0.15, -0.1) is 0 Å². The van der Waals surface area contributed by atoms with Gasteiger partial charge < -0.3 is 9.72 Å². The van der Waals surface area contributed by atoms with E-state index in [1.165, 1.54) is 31.0 Å². The lowest BCUT2D eigenvalue weighted by molar-refractivity contribution is 0.409. The van der Waals surface area contributed by atoms with Gasteiger partial charge in [-0.3, -0.25) is 4.79 Å². The summed E-state index contributed by atoms with van der Waals surface area (Å²) in [7, 11) is 1.37. The molecule has 0 fully saturated rings. The zero-order valence-electron chi connectivity index (χ0n) is 11.0. The maximum atomic E-state index is 13.6. The number of aromatic nitrogens is 2. The minimum Gasteiger partial charge on any atom is -0.495 e. The molecular weight excluding hydrogens is 361 g/mol. The molecule has 0 unspecified atom stereocenters. The maximum absolute atomic E-state index is 13.6. The smallest absolute Gasteiger partial charge is 0.270 e. The van der Waals surface area contributed by atoms with Gasteiger partial charge in [0, 0.05) is 5.56 Å². The second kappa shape index (κ2) is 6.28. The Morgan fingerprint density at radius 2 is 2.24 bits per heavy atom. The summed E-state index contributed by atoms with van der Waals surface area (Å²) in [6.45, 7) is 0. The molecule has 0 saturated heterocycles. The largest absolute Gasteiger partial charge is 0.495 e. The van der Waals surface area contributed by atoms with E-state index in [-0.39, 0.29) is 21.5 Å². The zero-order valence-corrected chi connectivity index (χ0v) is 13.4. The maximum Gasteiger partial charge on any atom is 0.270 e. The molecule has 1 N–H and O–H groups in total. The fraction of sp³-hybridized carbons (Fsp3) is 0.154. The van der Waals surface area contributed by atoms with Crippen molar-refractivity contribution >= 4 is 27.7 Å². The molecule has 21 heavy (non-hydrogen) atoms. The Bertz CT molecular complexity index is 801. The van der Waals surface area contributed by atoms with Gasteiger partial charge in [0.1, 0.15) is 28.9 Å². The van der Waals surface area contributed by atoms with Crippen LogP contribution in [0.15, 0.2) is 26.6 Å². The van der Waals surface area contributed by atoms with Crippen LogP contribution < -0.4 is 10.3 Å². The van der Waals surface area contributed by atoms with Crippen molar-refractivity contribution < 1.29 is 9.13 Å². The highest BCUT2D eigenvalue weighted by molar-refractivity contribution is 9.10. The predicted molar refractivity (Wildman–Crippen MR) is 81.0 cm³/mol. The lowest BCUT2D eigenvalue weighted by atomic mass is 10.1. The number of hydrogen-bond donors (Lipinski definition) is 1. The van der Waals surface area contributed by atoms with E-state index >= 15 is 0 Å². The van der Waals surface area contributed by atoms with Crippen molar-refractivity contribution in [3.8, 4) is 23.1 Å². The van der Waals surface area contributed by atoms with E-state index in [2.05, 4.69) is 25.9 Å². The predicted octanol–water partition coefficient (Wildman–Crippen LogP) is 2.94. The summed E-state index contributed by atoms with van der Waals surface area (Å²) < 4.78 is 18.9. The third-order valence-electron chi connectivity index (χ3n) is 2.71. The van der Waals surface area contributed by atoms with Crippen LogP contribution in [0.25, 0.3) is 11.3 Å². The van der Waals surface area contributed by atoms with Gasteiger partial charge in [0.2, 0.25) is 0 Å². The summed E-state index contributed by atoms with van der Waals surface area (Å²) in [5.74, 6) is -0.333. The molecule has 5 nitrogen and oxygen atoms in total. The Morgan fingerprint density at radius 3 is 2.81 bits per heavy atom. The average Bonchev–Trinajstić information content (AvgIpc) is 2.48. The molecule has 108 valence electrons. The number of hydrogen-bond acceptors (Lipinski definition) is 5. The van der Waals surface area contributed by atoms with Gasteiger partial charge in [0.15, 0.2) is 5.16 Å². The van der Waals surface area contributed by atoms with Crippen LogP contribution in [0.1, 0.15) is 5.56 Å². The molecule has 0 atom stereocenters. The standard InChI is InChI=1S/C13H9BrFN3O2S/c1-20-11-6(3-4-8(15)9(11)14)10-7(5-16)12(19)18-13(17-10)21-2/h3-4H,1-2H3,(H,17,18,19). The number of H-pyrrole nitrogens is 1. The molecule has 2 aromatic rings. The van der Waals surface area contributed by atoms with E-state index in [0.717, 1.165) is 0 Å². The molecule has 1 aromatic heterocycles. The second-order valence-electron chi connectivity index (χ2n) is 3.85. The van der Waals surface area contributed by atoms with Crippen molar-refractivity contribution in [3.63, 3.8) is 0 Å². The van der Waals surface area contributed by atoms with Crippen LogP contribution >= 0.6 is 27.7 Å². The Hall–Kier alpha value is -1.85. The number of methoxy groups -OCH3 is 1. The SMILES string of the molecule is COc1c(-c2nc(SC)[nH]c(=O)c2C#N)ccc(F)c1Br. The van der Waals surface area contributed by atoms with Crippen molar-refractivity contribution in [3.05, 3.63) is 38.3 Å². The first-order valence-electron chi connectivity index (χ1n) is 5.64. The van der Waals surface area contributed by atoms with Crippen molar-refractivity contribution in [2.24, 2.45) is 0 Å². The van der Waals surface area contributed by atoms with Crippen LogP contribution in [-0.2, 0) is 0 Å². The van der Waals surface area contributed by atoms with Crippen LogP contribution in [0, 0.1) is 17.1 Å². The molecule has 8 heteroatoms. The van der Waals surface area contributed by atoms with Crippen LogP contribution in [0.4, 0.5) is 4.39 Å². The highest BCUT2D eigenvalue weighted by Crippen LogP contribution is 2.38. The molecule has 0 amide bonds. The lowest BCUT2D eigenvalue weighted by Gasteiger charge is -2.12. The third-order valence-corrected chi connectivity index (χ3v) is 4.03. The van der Waals surface area contributed by atoms with Crippen LogP contribution in [0.2, 0.25) is 0 Å². The Balaban J connectivity index is 2.85. The number of ether oxygens (including phenoxy) is 1. The monoisotopic (exact) mass is 369 g/mol. The van der Waals surface area contributed by atoms with Crippen LogP contribution in [0.3, 0.4) is 0 Å². The molecule has 2 rings (SSSR count). The zero-order chi connectivity index (χ0) is 15.6. The van der Waals surface area contributed by atoms with Gasteiger partial charge in [-0.25, -0.2) is 9.37 Å². The molecule has 0 saturated carbocycles. The fourth-order valence-electron chi connectivity index (χ4n) is 1.77. The van der Waals surface area contributed by atoms with Gasteiger partial charge in [-0.05, 0) is 34.3 Å². The first kappa shape index (κ1) is 15.5. The molecule has 0 aliphatic carbocycles. The van der Waals surface area contributed by atoms with E-state index in [4.69, 9.17) is 10.00 Å². The number of thioether (sulfide) groups is 1. The van der Waals surface area contributed by atoms with Gasteiger partial charge in [0.05, 0.1) is 11.6 Å². The highest BCUT2D eigenvalue weighted by Gasteiger charge is 2.20. The molecule has 0 spiro atoms. The van der Waals surface area contributed by atoms with Gasteiger partial charge >= 0.3 is 0 Å². The number of nitrogens with one attached hydrogen (secondary N) is 1. The average molecular weight is 370 g/mol. The quantitative estimate of drug-likeness (QED) is 0.664. The van der Waals surface area contributed by atoms with Gasteiger partial charge in [0.25, 0.3) is 5.56 Å². The number of rotatable bonds is 3. The molecule has 1 heterocycles. The highest BCUT2D eigenvalue weighted by atomic mass is 79.9. The second-order valence-corrected chi connectivity index (χ2v) is 5.44. The van der Waals surface area contributed by atoms with Gasteiger partial charge in [-0.2, -0.15) is 5.26 Å². The molecular formula is C13H9BrFN3O2S. The van der Waals surface area contributed by atoms with Crippen LogP contribution in [-0.4, -0.2) is 23.3 Å². The lowest BCUT2D eigenvalue weighted by Crippen LogP contribution is -2.15. The van der Waals surface area contributed by atoms with Crippen LogP contribution in [0.5, 0.6) is 5.75 Å². The Labute approximate surface area is 132 Å². The normalized spacial score (nSPS) is 10.2. The third kappa shape index (κ3) is 2.80.